The number of Topliss-reactive ketones (excluding diaryl/α,β-unsaturated/α-hetero) is 2. The number of fused-ring (bicyclic) bond motifs is 1. The van der Waals surface area contributed by atoms with Crippen LogP contribution in [0.25, 0.3) is 0 Å². The van der Waals surface area contributed by atoms with Crippen molar-refractivity contribution >= 4 is 58.0 Å². The Labute approximate surface area is 112 Å². The smallest absolute Gasteiger partial charge is 0.168 e. The number of carbonyl (C=O) groups excluding carboxylic acids is 2. The lowest BCUT2D eigenvalue weighted by Crippen LogP contribution is -2.36. The minimum absolute atomic E-state index is 0.0469. The summed E-state index contributed by atoms with van der Waals surface area (Å²) in [6.45, 7) is 1.56. The molecule has 2 aliphatic carbocycles. The minimum atomic E-state index is -1.18. The lowest BCUT2D eigenvalue weighted by Gasteiger charge is -2.32. The van der Waals surface area contributed by atoms with E-state index in [0.29, 0.717) is 0 Å². The molecule has 0 radical (unpaired) electrons. The summed E-state index contributed by atoms with van der Waals surface area (Å²) in [4.78, 5) is 22.1. The van der Waals surface area contributed by atoms with Crippen molar-refractivity contribution in [2.75, 3.05) is 0 Å². The lowest BCUT2D eigenvalue weighted by molar-refractivity contribution is -0.122. The molecule has 16 heavy (non-hydrogen) atoms. The predicted molar refractivity (Wildman–Crippen MR) is 64.0 cm³/mol. The van der Waals surface area contributed by atoms with Crippen molar-refractivity contribution in [3.05, 3.63) is 20.7 Å². The quantitative estimate of drug-likeness (QED) is 0.508. The molecule has 2 unspecified atom stereocenters. The Morgan fingerprint density at radius 1 is 1.19 bits per heavy atom. The zero-order valence-corrected chi connectivity index (χ0v) is 11.1. The molecule has 0 aliphatic heterocycles. The number of hydrogen-bond acceptors (Lipinski definition) is 2. The van der Waals surface area contributed by atoms with Gasteiger partial charge in [-0.25, -0.2) is 0 Å². The fourth-order valence-corrected chi connectivity index (χ4v) is 3.29. The van der Waals surface area contributed by atoms with Crippen molar-refractivity contribution in [1.82, 2.24) is 0 Å². The molecule has 0 aromatic carbocycles. The van der Waals surface area contributed by atoms with Gasteiger partial charge in [-0.1, -0.05) is 34.8 Å². The first-order valence-corrected chi connectivity index (χ1v) is 6.00. The van der Waals surface area contributed by atoms with Crippen LogP contribution in [0.15, 0.2) is 20.7 Å². The Morgan fingerprint density at radius 2 is 1.75 bits per heavy atom. The van der Waals surface area contributed by atoms with E-state index in [1.165, 1.54) is 0 Å². The molecule has 0 heterocycles. The van der Waals surface area contributed by atoms with Gasteiger partial charge in [-0.3, -0.25) is 9.59 Å². The van der Waals surface area contributed by atoms with Crippen LogP contribution in [-0.2, 0) is 9.59 Å². The standard InChI is InChI=1S/C10H6Cl4O2/c1-10(14)6-4(16)2-3(15)5(6)7(11)8(12)9(10)13/h6H,2H2,1H3. The van der Waals surface area contributed by atoms with E-state index in [9.17, 15) is 9.59 Å². The molecule has 6 heteroatoms. The molecule has 0 spiro atoms. The highest BCUT2D eigenvalue weighted by Crippen LogP contribution is 2.52. The Bertz CT molecular complexity index is 473. The molecular weight excluding hydrogens is 294 g/mol. The summed E-state index contributed by atoms with van der Waals surface area (Å²) >= 11 is 24.0. The summed E-state index contributed by atoms with van der Waals surface area (Å²) in [6.07, 6.45) is -0.188. The molecule has 2 nitrogen and oxygen atoms in total. The lowest BCUT2D eigenvalue weighted by atomic mass is 9.83. The second kappa shape index (κ2) is 3.74. The van der Waals surface area contributed by atoms with Crippen LogP contribution in [0.4, 0.5) is 0 Å². The number of halogens is 4. The zero-order valence-electron chi connectivity index (χ0n) is 8.11. The van der Waals surface area contributed by atoms with E-state index >= 15 is 0 Å². The molecule has 2 rings (SSSR count). The van der Waals surface area contributed by atoms with Crippen molar-refractivity contribution in [3.8, 4) is 0 Å². The van der Waals surface area contributed by atoms with Crippen LogP contribution in [0.2, 0.25) is 0 Å². The van der Waals surface area contributed by atoms with Gasteiger partial charge in [0.1, 0.15) is 5.78 Å². The van der Waals surface area contributed by atoms with Gasteiger partial charge in [-0.2, -0.15) is 0 Å². The molecule has 0 aromatic heterocycles. The largest absolute Gasteiger partial charge is 0.298 e. The average molecular weight is 300 g/mol. The highest BCUT2D eigenvalue weighted by atomic mass is 35.5. The van der Waals surface area contributed by atoms with Gasteiger partial charge in [0.15, 0.2) is 5.78 Å². The van der Waals surface area contributed by atoms with Gasteiger partial charge >= 0.3 is 0 Å². The molecule has 0 amide bonds. The van der Waals surface area contributed by atoms with Crippen molar-refractivity contribution in [3.63, 3.8) is 0 Å². The Balaban J connectivity index is 2.72. The molecule has 0 aromatic rings. The Hall–Kier alpha value is -0.0200. The van der Waals surface area contributed by atoms with Crippen LogP contribution < -0.4 is 0 Å². The van der Waals surface area contributed by atoms with Crippen LogP contribution in [0.5, 0.6) is 0 Å². The van der Waals surface area contributed by atoms with E-state index in [1.807, 2.05) is 0 Å². The summed E-state index contributed by atoms with van der Waals surface area (Å²) in [5.41, 5.74) is 0.193. The first-order chi connectivity index (χ1) is 7.28. The highest BCUT2D eigenvalue weighted by molar-refractivity contribution is 6.53. The fourth-order valence-electron chi connectivity index (χ4n) is 2.06. The number of hydrogen-bond donors (Lipinski definition) is 0. The van der Waals surface area contributed by atoms with Gasteiger partial charge in [0.25, 0.3) is 0 Å². The maximum Gasteiger partial charge on any atom is 0.168 e. The van der Waals surface area contributed by atoms with Crippen molar-refractivity contribution in [2.24, 2.45) is 5.92 Å². The summed E-state index contributed by atoms with van der Waals surface area (Å²) in [7, 11) is 0. The topological polar surface area (TPSA) is 34.1 Å². The van der Waals surface area contributed by atoms with Crippen LogP contribution in [0.1, 0.15) is 13.3 Å². The molecule has 0 bridgehead atoms. The number of rotatable bonds is 0. The van der Waals surface area contributed by atoms with Gasteiger partial charge in [-0.05, 0) is 6.92 Å². The number of allylic oxidation sites excluding steroid dienone is 4. The van der Waals surface area contributed by atoms with Gasteiger partial charge in [0.2, 0.25) is 0 Å². The summed E-state index contributed by atoms with van der Waals surface area (Å²) in [6, 6.07) is 0. The van der Waals surface area contributed by atoms with Crippen molar-refractivity contribution in [1.29, 1.82) is 0 Å². The molecule has 0 saturated heterocycles. The van der Waals surface area contributed by atoms with E-state index < -0.39 is 10.8 Å². The maximum atomic E-state index is 11.7. The second-order valence-corrected chi connectivity index (χ2v) is 5.85. The first kappa shape index (κ1) is 12.4. The monoisotopic (exact) mass is 298 g/mol. The molecule has 1 fully saturated rings. The van der Waals surface area contributed by atoms with Gasteiger partial charge in [-0.15, -0.1) is 11.6 Å². The van der Waals surface area contributed by atoms with Crippen molar-refractivity contribution in [2.45, 2.75) is 18.2 Å². The predicted octanol–water partition coefficient (Wildman–Crippen LogP) is 3.34. The SMILES string of the molecule is CC1(Cl)C(Cl)=C(Cl)C(Cl)=C2C(=O)CC(=O)C21. The summed E-state index contributed by atoms with van der Waals surface area (Å²) < 4.78 is 0. The fraction of sp³-hybridized carbons (Fsp3) is 0.400. The molecule has 2 aliphatic rings. The number of alkyl halides is 1. The zero-order chi connectivity index (χ0) is 12.2. The second-order valence-electron chi connectivity index (χ2n) is 3.93. The summed E-state index contributed by atoms with van der Waals surface area (Å²) in [5, 5.41) is 0.207. The third-order valence-electron chi connectivity index (χ3n) is 2.84. The van der Waals surface area contributed by atoms with E-state index in [0.717, 1.165) is 0 Å². The van der Waals surface area contributed by atoms with E-state index in [4.69, 9.17) is 46.4 Å². The van der Waals surface area contributed by atoms with E-state index in [1.54, 1.807) is 6.92 Å². The molecule has 0 N–H and O–H groups in total. The van der Waals surface area contributed by atoms with E-state index in [-0.39, 0.29) is 38.7 Å². The van der Waals surface area contributed by atoms with Gasteiger partial charge < -0.3 is 0 Å². The minimum Gasteiger partial charge on any atom is -0.298 e. The van der Waals surface area contributed by atoms with Gasteiger partial charge in [0, 0.05) is 5.57 Å². The van der Waals surface area contributed by atoms with Gasteiger partial charge in [0.05, 0.1) is 32.3 Å². The van der Waals surface area contributed by atoms with Crippen LogP contribution in [0, 0.1) is 5.92 Å². The first-order valence-electron chi connectivity index (χ1n) is 4.49. The maximum absolute atomic E-state index is 11.7. The van der Waals surface area contributed by atoms with Crippen LogP contribution in [0.3, 0.4) is 0 Å². The average Bonchev–Trinajstić information content (AvgIpc) is 2.49. The van der Waals surface area contributed by atoms with Crippen LogP contribution >= 0.6 is 46.4 Å². The number of ketones is 2. The highest BCUT2D eigenvalue weighted by Gasteiger charge is 2.53. The molecule has 86 valence electrons. The van der Waals surface area contributed by atoms with Crippen molar-refractivity contribution < 1.29 is 9.59 Å². The molecular formula is C10H6Cl4O2. The molecule has 2 atom stereocenters. The Morgan fingerprint density at radius 3 is 2.31 bits per heavy atom. The normalized spacial score (nSPS) is 34.9. The number of carbonyl (C=O) groups is 2. The van der Waals surface area contributed by atoms with E-state index in [2.05, 4.69) is 0 Å². The molecule has 1 saturated carbocycles. The van der Waals surface area contributed by atoms with Crippen LogP contribution in [-0.4, -0.2) is 16.4 Å². The summed E-state index contributed by atoms with van der Waals surface area (Å²) in [5.74, 6) is -1.38. The third-order valence-corrected chi connectivity index (χ3v) is 4.89. The Kier molecular flexibility index (Phi) is 2.91. The third kappa shape index (κ3) is 1.47.